The molecule has 6 nitrogen and oxygen atoms in total. The predicted molar refractivity (Wildman–Crippen MR) is 99.5 cm³/mol. The Morgan fingerprint density at radius 3 is 2.44 bits per heavy atom. The standard InChI is InChI=1S/C21H23NO5/c1-25-16-10-8-15(9-11-16)22-18(19(26-2)20(22)23)17-12-13-21(24,27-17)14-6-4-3-5-7-14/h3-11,17-19,24H,12-13H2,1-2H3/t17-,18+,19-,21+/m1/s1. The van der Waals surface area contributed by atoms with Crippen molar-refractivity contribution in [1.29, 1.82) is 0 Å². The highest BCUT2D eigenvalue weighted by molar-refractivity contribution is 6.05. The first-order chi connectivity index (χ1) is 13.1. The van der Waals surface area contributed by atoms with Crippen LogP contribution in [0.4, 0.5) is 5.69 Å². The van der Waals surface area contributed by atoms with Crippen LogP contribution in [0, 0.1) is 0 Å². The molecule has 1 N–H and O–H groups in total. The molecule has 2 heterocycles. The molecular weight excluding hydrogens is 346 g/mol. The molecule has 0 radical (unpaired) electrons. The molecule has 0 aliphatic carbocycles. The average molecular weight is 369 g/mol. The third-order valence-electron chi connectivity index (χ3n) is 5.41. The van der Waals surface area contributed by atoms with Crippen LogP contribution in [0.3, 0.4) is 0 Å². The van der Waals surface area contributed by atoms with Gasteiger partial charge in [-0.15, -0.1) is 0 Å². The molecule has 2 aromatic rings. The Hall–Kier alpha value is -2.41. The molecule has 2 aliphatic heterocycles. The Kier molecular flexibility index (Phi) is 4.63. The number of β-lactam (4-membered cyclic amide) rings is 1. The van der Waals surface area contributed by atoms with Gasteiger partial charge in [0.05, 0.1) is 19.3 Å². The lowest BCUT2D eigenvalue weighted by atomic mass is 9.89. The fraction of sp³-hybridized carbons (Fsp3) is 0.381. The second kappa shape index (κ2) is 6.96. The Balaban J connectivity index is 1.58. The molecule has 0 unspecified atom stereocenters. The van der Waals surface area contributed by atoms with Gasteiger partial charge in [0.25, 0.3) is 5.91 Å². The number of anilines is 1. The molecule has 2 aromatic carbocycles. The zero-order valence-electron chi connectivity index (χ0n) is 15.4. The molecular formula is C21H23NO5. The molecule has 0 bridgehead atoms. The van der Waals surface area contributed by atoms with Crippen molar-refractivity contribution in [1.82, 2.24) is 0 Å². The van der Waals surface area contributed by atoms with Gasteiger partial charge >= 0.3 is 0 Å². The maximum Gasteiger partial charge on any atom is 0.258 e. The minimum absolute atomic E-state index is 0.105. The van der Waals surface area contributed by atoms with Crippen LogP contribution in [0.1, 0.15) is 18.4 Å². The van der Waals surface area contributed by atoms with E-state index in [-0.39, 0.29) is 18.1 Å². The summed E-state index contributed by atoms with van der Waals surface area (Å²) in [7, 11) is 3.13. The van der Waals surface area contributed by atoms with Crippen molar-refractivity contribution in [3.8, 4) is 5.75 Å². The number of aliphatic hydroxyl groups is 1. The highest BCUT2D eigenvalue weighted by atomic mass is 16.6. The molecule has 142 valence electrons. The normalized spacial score (nSPS) is 30.3. The van der Waals surface area contributed by atoms with Gasteiger partial charge in [-0.3, -0.25) is 4.79 Å². The Labute approximate surface area is 158 Å². The summed E-state index contributed by atoms with van der Waals surface area (Å²) in [5, 5.41) is 11.0. The zero-order valence-corrected chi connectivity index (χ0v) is 15.4. The van der Waals surface area contributed by atoms with E-state index in [2.05, 4.69) is 0 Å². The summed E-state index contributed by atoms with van der Waals surface area (Å²) in [5.74, 6) is -0.720. The summed E-state index contributed by atoms with van der Waals surface area (Å²) in [4.78, 5) is 14.3. The lowest BCUT2D eigenvalue weighted by Crippen LogP contribution is -2.70. The van der Waals surface area contributed by atoms with Crippen LogP contribution in [-0.4, -0.2) is 43.5 Å². The number of nitrogens with zero attached hydrogens (tertiary/aromatic N) is 1. The second-order valence-corrected chi connectivity index (χ2v) is 6.90. The summed E-state index contributed by atoms with van der Waals surface area (Å²) in [6, 6.07) is 16.4. The number of rotatable bonds is 5. The predicted octanol–water partition coefficient (Wildman–Crippen LogP) is 2.45. The van der Waals surface area contributed by atoms with Crippen molar-refractivity contribution >= 4 is 11.6 Å². The summed E-state index contributed by atoms with van der Waals surface area (Å²) in [6.07, 6.45) is 0.213. The Morgan fingerprint density at radius 2 is 1.81 bits per heavy atom. The van der Waals surface area contributed by atoms with Crippen LogP contribution >= 0.6 is 0 Å². The van der Waals surface area contributed by atoms with E-state index in [0.717, 1.165) is 17.0 Å². The molecule has 2 aliphatic rings. The number of hydrogen-bond donors (Lipinski definition) is 1. The smallest absolute Gasteiger partial charge is 0.258 e. The third-order valence-corrected chi connectivity index (χ3v) is 5.41. The van der Waals surface area contributed by atoms with E-state index in [1.165, 1.54) is 7.11 Å². The topological polar surface area (TPSA) is 68.2 Å². The summed E-state index contributed by atoms with van der Waals surface area (Å²) in [5.41, 5.74) is 1.49. The second-order valence-electron chi connectivity index (χ2n) is 6.90. The van der Waals surface area contributed by atoms with Gasteiger partial charge in [-0.05, 0) is 30.7 Å². The lowest BCUT2D eigenvalue weighted by molar-refractivity contribution is -0.212. The molecule has 2 saturated heterocycles. The molecule has 1 amide bonds. The van der Waals surface area contributed by atoms with Gasteiger partial charge in [0.1, 0.15) is 5.75 Å². The van der Waals surface area contributed by atoms with Crippen LogP contribution in [-0.2, 0) is 20.1 Å². The van der Waals surface area contributed by atoms with Crippen molar-refractivity contribution < 1.29 is 24.1 Å². The number of amides is 1. The molecule has 4 atom stereocenters. The van der Waals surface area contributed by atoms with Gasteiger partial charge in [0.2, 0.25) is 0 Å². The first kappa shape index (κ1) is 18.0. The van der Waals surface area contributed by atoms with E-state index in [0.29, 0.717) is 12.8 Å². The molecule has 0 spiro atoms. The molecule has 2 fully saturated rings. The molecule has 4 rings (SSSR count). The van der Waals surface area contributed by atoms with E-state index in [4.69, 9.17) is 14.2 Å². The Bertz CT molecular complexity index is 809. The summed E-state index contributed by atoms with van der Waals surface area (Å²) >= 11 is 0. The minimum atomic E-state index is -1.34. The molecule has 0 aromatic heterocycles. The van der Waals surface area contributed by atoms with Crippen molar-refractivity contribution in [2.45, 2.75) is 36.9 Å². The molecule has 27 heavy (non-hydrogen) atoms. The fourth-order valence-electron chi connectivity index (χ4n) is 3.98. The van der Waals surface area contributed by atoms with E-state index in [9.17, 15) is 9.90 Å². The van der Waals surface area contributed by atoms with Gasteiger partial charge in [-0.2, -0.15) is 0 Å². The maximum absolute atomic E-state index is 12.6. The SMILES string of the molecule is COc1ccc(N2C(=O)[C@H](OC)[C@@H]2[C@H]2CC[C@@](O)(c3ccccc3)O2)cc1. The number of ether oxygens (including phenoxy) is 3. The number of methoxy groups -OCH3 is 2. The van der Waals surface area contributed by atoms with Crippen molar-refractivity contribution in [2.24, 2.45) is 0 Å². The first-order valence-electron chi connectivity index (χ1n) is 9.03. The van der Waals surface area contributed by atoms with E-state index < -0.39 is 11.9 Å². The highest BCUT2D eigenvalue weighted by Crippen LogP contribution is 2.43. The van der Waals surface area contributed by atoms with Gasteiger partial charge in [-0.1, -0.05) is 30.3 Å². The largest absolute Gasteiger partial charge is 0.497 e. The lowest BCUT2D eigenvalue weighted by Gasteiger charge is -2.48. The van der Waals surface area contributed by atoms with Crippen molar-refractivity contribution in [2.75, 3.05) is 19.1 Å². The van der Waals surface area contributed by atoms with Crippen LogP contribution in [0.2, 0.25) is 0 Å². The van der Waals surface area contributed by atoms with E-state index in [1.54, 1.807) is 12.0 Å². The van der Waals surface area contributed by atoms with Crippen LogP contribution < -0.4 is 9.64 Å². The number of benzene rings is 2. The van der Waals surface area contributed by atoms with Crippen molar-refractivity contribution in [3.63, 3.8) is 0 Å². The van der Waals surface area contributed by atoms with Gasteiger partial charge < -0.3 is 24.2 Å². The molecule has 0 saturated carbocycles. The summed E-state index contributed by atoms with van der Waals surface area (Å²) in [6.45, 7) is 0. The van der Waals surface area contributed by atoms with Gasteiger partial charge in [-0.25, -0.2) is 0 Å². The van der Waals surface area contributed by atoms with Gasteiger partial charge in [0, 0.05) is 24.8 Å². The first-order valence-corrected chi connectivity index (χ1v) is 9.03. The van der Waals surface area contributed by atoms with E-state index in [1.807, 2.05) is 54.6 Å². The summed E-state index contributed by atoms with van der Waals surface area (Å²) < 4.78 is 16.7. The van der Waals surface area contributed by atoms with Crippen LogP contribution in [0.25, 0.3) is 0 Å². The number of carbonyl (C=O) groups excluding carboxylic acids is 1. The quantitative estimate of drug-likeness (QED) is 0.820. The monoisotopic (exact) mass is 369 g/mol. The Morgan fingerprint density at radius 1 is 1.11 bits per heavy atom. The third kappa shape index (κ3) is 3.00. The minimum Gasteiger partial charge on any atom is -0.497 e. The average Bonchev–Trinajstić information content (AvgIpc) is 3.10. The maximum atomic E-state index is 12.6. The van der Waals surface area contributed by atoms with Gasteiger partial charge in [0.15, 0.2) is 11.9 Å². The zero-order chi connectivity index (χ0) is 19.0. The number of hydrogen-bond acceptors (Lipinski definition) is 5. The fourth-order valence-corrected chi connectivity index (χ4v) is 3.98. The van der Waals surface area contributed by atoms with E-state index >= 15 is 0 Å². The van der Waals surface area contributed by atoms with Crippen LogP contribution in [0.15, 0.2) is 54.6 Å². The van der Waals surface area contributed by atoms with Crippen molar-refractivity contribution in [3.05, 3.63) is 60.2 Å². The molecule has 6 heteroatoms. The highest BCUT2D eigenvalue weighted by Gasteiger charge is 2.56. The van der Waals surface area contributed by atoms with Crippen LogP contribution in [0.5, 0.6) is 5.75 Å². The number of carbonyl (C=O) groups is 1.